The van der Waals surface area contributed by atoms with Gasteiger partial charge in [0, 0.05) is 16.5 Å². The molecule has 0 radical (unpaired) electrons. The lowest BCUT2D eigenvalue weighted by atomic mass is 9.78. The van der Waals surface area contributed by atoms with Gasteiger partial charge in [-0.2, -0.15) is 0 Å². The van der Waals surface area contributed by atoms with Crippen LogP contribution in [-0.4, -0.2) is 22.6 Å². The highest BCUT2D eigenvalue weighted by atomic mass is 35.5. The third-order valence-corrected chi connectivity index (χ3v) is 5.43. The number of benzene rings is 2. The second-order valence-electron chi connectivity index (χ2n) is 6.43. The first-order valence-corrected chi connectivity index (χ1v) is 8.96. The van der Waals surface area contributed by atoms with E-state index in [9.17, 15) is 14.7 Å². The van der Waals surface area contributed by atoms with Crippen LogP contribution in [0, 0.1) is 0 Å². The van der Waals surface area contributed by atoms with E-state index in [2.05, 4.69) is 5.32 Å². The quantitative estimate of drug-likeness (QED) is 0.718. The van der Waals surface area contributed by atoms with Gasteiger partial charge in [0.15, 0.2) is 0 Å². The number of aliphatic carboxylic acids is 1. The summed E-state index contributed by atoms with van der Waals surface area (Å²) in [6.07, 6.45) is 1.49. The SMILES string of the molecule is NC(=O)NC1(C(=O)O)CCCC1c1cc(Cl)cc(Cl)c1-c1ccccc1. The van der Waals surface area contributed by atoms with Crippen molar-refractivity contribution < 1.29 is 14.7 Å². The summed E-state index contributed by atoms with van der Waals surface area (Å²) in [5.74, 6) is -1.62. The summed E-state index contributed by atoms with van der Waals surface area (Å²) < 4.78 is 0. The molecule has 1 aliphatic carbocycles. The molecule has 3 rings (SSSR count). The Kier molecular flexibility index (Phi) is 5.12. The van der Waals surface area contributed by atoms with Gasteiger partial charge in [0.25, 0.3) is 0 Å². The second-order valence-corrected chi connectivity index (χ2v) is 7.27. The zero-order valence-corrected chi connectivity index (χ0v) is 15.3. The fraction of sp³-hybridized carbons (Fsp3) is 0.263. The van der Waals surface area contributed by atoms with Gasteiger partial charge < -0.3 is 16.2 Å². The van der Waals surface area contributed by atoms with Gasteiger partial charge in [-0.05, 0) is 42.5 Å². The van der Waals surface area contributed by atoms with Crippen LogP contribution in [0.2, 0.25) is 10.0 Å². The van der Waals surface area contributed by atoms with Crippen LogP contribution >= 0.6 is 23.2 Å². The van der Waals surface area contributed by atoms with Crippen LogP contribution in [0.3, 0.4) is 0 Å². The number of carbonyl (C=O) groups is 2. The Balaban J connectivity index is 2.22. The lowest BCUT2D eigenvalue weighted by Gasteiger charge is -2.33. The summed E-state index contributed by atoms with van der Waals surface area (Å²) in [5.41, 5.74) is 6.07. The molecule has 5 nitrogen and oxygen atoms in total. The smallest absolute Gasteiger partial charge is 0.330 e. The number of hydrogen-bond acceptors (Lipinski definition) is 2. The second kappa shape index (κ2) is 7.17. The molecular weight excluding hydrogens is 375 g/mol. The van der Waals surface area contributed by atoms with E-state index in [-0.39, 0.29) is 6.42 Å². The molecule has 0 bridgehead atoms. The number of carboxylic acid groups (broad SMARTS) is 1. The van der Waals surface area contributed by atoms with Crippen molar-refractivity contribution in [2.45, 2.75) is 30.7 Å². The molecule has 2 unspecified atom stereocenters. The van der Waals surface area contributed by atoms with Crippen LogP contribution in [0.1, 0.15) is 30.7 Å². The maximum Gasteiger partial charge on any atom is 0.330 e. The molecule has 136 valence electrons. The van der Waals surface area contributed by atoms with Crippen LogP contribution in [0.25, 0.3) is 11.1 Å². The molecule has 2 amide bonds. The maximum absolute atomic E-state index is 12.1. The maximum atomic E-state index is 12.1. The minimum atomic E-state index is -1.48. The predicted octanol–water partition coefficient (Wildman–Crippen LogP) is 4.42. The molecule has 1 saturated carbocycles. The van der Waals surface area contributed by atoms with E-state index < -0.39 is 23.5 Å². The lowest BCUT2D eigenvalue weighted by molar-refractivity contribution is -0.144. The summed E-state index contributed by atoms with van der Waals surface area (Å²) in [6, 6.07) is 11.9. The molecule has 26 heavy (non-hydrogen) atoms. The zero-order chi connectivity index (χ0) is 18.9. The van der Waals surface area contributed by atoms with E-state index in [4.69, 9.17) is 28.9 Å². The first-order chi connectivity index (χ1) is 12.3. The highest BCUT2D eigenvalue weighted by Gasteiger charge is 2.51. The van der Waals surface area contributed by atoms with Gasteiger partial charge in [0.2, 0.25) is 0 Å². The van der Waals surface area contributed by atoms with Gasteiger partial charge in [-0.1, -0.05) is 53.5 Å². The van der Waals surface area contributed by atoms with E-state index in [0.717, 1.165) is 11.1 Å². The Hall–Kier alpha value is -2.24. The van der Waals surface area contributed by atoms with Gasteiger partial charge in [-0.25, -0.2) is 9.59 Å². The Bertz CT molecular complexity index is 857. The largest absolute Gasteiger partial charge is 0.479 e. The van der Waals surface area contributed by atoms with Gasteiger partial charge in [0.05, 0.1) is 5.02 Å². The molecule has 4 N–H and O–H groups in total. The number of hydrogen-bond donors (Lipinski definition) is 3. The Morgan fingerprint density at radius 1 is 1.19 bits per heavy atom. The lowest BCUT2D eigenvalue weighted by Crippen LogP contribution is -2.57. The number of carbonyl (C=O) groups excluding carboxylic acids is 1. The average Bonchev–Trinajstić information content (AvgIpc) is 2.99. The van der Waals surface area contributed by atoms with Crippen molar-refractivity contribution in [3.8, 4) is 11.1 Å². The summed E-state index contributed by atoms with van der Waals surface area (Å²) in [7, 11) is 0. The zero-order valence-electron chi connectivity index (χ0n) is 13.8. The molecule has 0 aromatic heterocycles. The highest BCUT2D eigenvalue weighted by molar-refractivity contribution is 6.36. The first kappa shape index (κ1) is 18.5. The number of urea groups is 1. The van der Waals surface area contributed by atoms with E-state index in [1.54, 1.807) is 12.1 Å². The summed E-state index contributed by atoms with van der Waals surface area (Å²) in [4.78, 5) is 23.7. The van der Waals surface area contributed by atoms with Crippen LogP contribution < -0.4 is 11.1 Å². The van der Waals surface area contributed by atoms with E-state index in [1.165, 1.54) is 0 Å². The van der Waals surface area contributed by atoms with Gasteiger partial charge in [0.1, 0.15) is 5.54 Å². The Morgan fingerprint density at radius 2 is 1.88 bits per heavy atom. The number of nitrogens with one attached hydrogen (secondary N) is 1. The van der Waals surface area contributed by atoms with E-state index in [0.29, 0.717) is 28.5 Å². The molecular formula is C19H18Cl2N2O3. The van der Waals surface area contributed by atoms with Crippen molar-refractivity contribution >= 4 is 35.2 Å². The Morgan fingerprint density at radius 3 is 2.50 bits per heavy atom. The molecule has 0 saturated heterocycles. The third kappa shape index (κ3) is 3.24. The molecule has 7 heteroatoms. The van der Waals surface area contributed by atoms with Gasteiger partial charge in [-0.15, -0.1) is 0 Å². The third-order valence-electron chi connectivity index (χ3n) is 4.91. The molecule has 1 aliphatic rings. The minimum absolute atomic E-state index is 0.286. The standard InChI is InChI=1S/C19H18Cl2N2O3/c20-12-9-13(16(15(21)10-12)11-5-2-1-3-6-11)14-7-4-8-19(14,17(24)25)23-18(22)26/h1-3,5-6,9-10,14H,4,7-8H2,(H,24,25)(H3,22,23,26). The van der Waals surface area contributed by atoms with Gasteiger partial charge >= 0.3 is 12.0 Å². The van der Waals surface area contributed by atoms with Crippen molar-refractivity contribution in [1.82, 2.24) is 5.32 Å². The van der Waals surface area contributed by atoms with Gasteiger partial charge in [-0.3, -0.25) is 0 Å². The van der Waals surface area contributed by atoms with Crippen LogP contribution in [-0.2, 0) is 4.79 Å². The fourth-order valence-corrected chi connectivity index (χ4v) is 4.50. The van der Waals surface area contributed by atoms with Crippen molar-refractivity contribution in [2.24, 2.45) is 5.73 Å². The van der Waals surface area contributed by atoms with Crippen molar-refractivity contribution in [1.29, 1.82) is 0 Å². The number of amides is 2. The Labute approximate surface area is 161 Å². The normalized spacial score (nSPS) is 22.2. The molecule has 1 fully saturated rings. The fourth-order valence-electron chi connectivity index (χ4n) is 3.88. The highest BCUT2D eigenvalue weighted by Crippen LogP contribution is 2.48. The number of carboxylic acids is 1. The van der Waals surface area contributed by atoms with Crippen molar-refractivity contribution in [2.75, 3.05) is 0 Å². The predicted molar refractivity (Wildman–Crippen MR) is 102 cm³/mol. The average molecular weight is 393 g/mol. The topological polar surface area (TPSA) is 92.4 Å². The van der Waals surface area contributed by atoms with Crippen LogP contribution in [0.15, 0.2) is 42.5 Å². The number of nitrogens with two attached hydrogens (primary N) is 1. The van der Waals surface area contributed by atoms with Crippen molar-refractivity contribution in [3.05, 3.63) is 58.1 Å². The van der Waals surface area contributed by atoms with Crippen LogP contribution in [0.5, 0.6) is 0 Å². The molecule has 2 aromatic carbocycles. The van der Waals surface area contributed by atoms with Crippen molar-refractivity contribution in [3.63, 3.8) is 0 Å². The summed E-state index contributed by atoms with van der Waals surface area (Å²) in [5, 5.41) is 13.2. The molecule has 0 heterocycles. The molecule has 2 aromatic rings. The molecule has 2 atom stereocenters. The van der Waals surface area contributed by atoms with E-state index in [1.807, 2.05) is 30.3 Å². The monoisotopic (exact) mass is 392 g/mol. The molecule has 0 spiro atoms. The number of primary amides is 1. The molecule has 0 aliphatic heterocycles. The number of halogens is 2. The van der Waals surface area contributed by atoms with Crippen LogP contribution in [0.4, 0.5) is 4.79 Å². The first-order valence-electron chi connectivity index (χ1n) is 8.20. The number of rotatable bonds is 4. The summed E-state index contributed by atoms with van der Waals surface area (Å²) in [6.45, 7) is 0. The van der Waals surface area contributed by atoms with E-state index >= 15 is 0 Å². The minimum Gasteiger partial charge on any atom is -0.479 e. The summed E-state index contributed by atoms with van der Waals surface area (Å²) >= 11 is 12.7.